The number of hydrogen-bond donors (Lipinski definition) is 0. The molecule has 0 radical (unpaired) electrons. The van der Waals surface area contributed by atoms with Gasteiger partial charge in [0, 0.05) is 27.1 Å². The first-order chi connectivity index (χ1) is 25.5. The number of benzene rings is 7. The number of furan rings is 2. The zero-order valence-electron chi connectivity index (χ0n) is 29.6. The van der Waals surface area contributed by atoms with E-state index in [1.54, 1.807) is 0 Å². The maximum absolute atomic E-state index is 6.98. The highest BCUT2D eigenvalue weighted by atomic mass is 16.3. The zero-order valence-corrected chi connectivity index (χ0v) is 29.6. The molecule has 0 aliphatic carbocycles. The monoisotopic (exact) mass is 673 g/mol. The van der Waals surface area contributed by atoms with Crippen molar-refractivity contribution in [3.63, 3.8) is 0 Å². The molecule has 4 heteroatoms. The quantitative estimate of drug-likeness (QED) is 0.170. The number of rotatable bonds is 5. The van der Waals surface area contributed by atoms with Crippen molar-refractivity contribution in [2.75, 3.05) is 0 Å². The van der Waals surface area contributed by atoms with Crippen LogP contribution in [-0.4, -0.2) is 4.57 Å². The highest BCUT2D eigenvalue weighted by Gasteiger charge is 2.35. The lowest BCUT2D eigenvalue weighted by Crippen LogP contribution is -2.30. The number of imidazole rings is 1. The number of aryl methyl sites for hydroxylation is 2. The van der Waals surface area contributed by atoms with Gasteiger partial charge in [-0.2, -0.15) is 4.57 Å². The third-order valence-electron chi connectivity index (χ3n) is 10.8. The van der Waals surface area contributed by atoms with E-state index in [2.05, 4.69) is 176 Å². The molecule has 0 bridgehead atoms. The maximum atomic E-state index is 6.98. The normalized spacial score (nSPS) is 12.0. The average Bonchev–Trinajstić information content (AvgIpc) is 3.83. The van der Waals surface area contributed by atoms with E-state index in [9.17, 15) is 0 Å². The molecule has 10 aromatic rings. The van der Waals surface area contributed by atoms with Crippen LogP contribution in [0.3, 0.4) is 0 Å². The van der Waals surface area contributed by atoms with Crippen LogP contribution < -0.4 is 4.57 Å². The molecule has 52 heavy (non-hydrogen) atoms. The molecule has 0 N–H and O–H groups in total. The largest absolute Gasteiger partial charge is 0.455 e. The van der Waals surface area contributed by atoms with Crippen molar-refractivity contribution in [2.24, 2.45) is 7.05 Å². The van der Waals surface area contributed by atoms with E-state index in [0.29, 0.717) is 0 Å². The standard InChI is InChI=1S/C48H37N2O2/c1-29(2)37-28-38-34-19-11-14-22-41(34)51-47(38)44(32-17-9-6-10-18-32)45(37)50-40-21-13-12-20-39(40)49(4)48(50)43-30(3)23-25-36-35-26-24-33(27-42(35)52-46(36)43)31-15-7-5-8-16-31/h5-29H,1-4H3/q+1. The Morgan fingerprint density at radius 1 is 0.538 bits per heavy atom. The molecule has 0 atom stereocenters. The molecule has 7 aromatic carbocycles. The number of aromatic nitrogens is 2. The van der Waals surface area contributed by atoms with Crippen molar-refractivity contribution < 1.29 is 13.4 Å². The average molecular weight is 674 g/mol. The van der Waals surface area contributed by atoms with E-state index >= 15 is 0 Å². The molecule has 0 aliphatic rings. The van der Waals surface area contributed by atoms with E-state index in [1.165, 1.54) is 11.1 Å². The van der Waals surface area contributed by atoms with Gasteiger partial charge in [0.15, 0.2) is 16.6 Å². The van der Waals surface area contributed by atoms with Crippen molar-refractivity contribution in [1.29, 1.82) is 0 Å². The highest BCUT2D eigenvalue weighted by Crippen LogP contribution is 2.47. The van der Waals surface area contributed by atoms with Crippen molar-refractivity contribution >= 4 is 54.9 Å². The van der Waals surface area contributed by atoms with Gasteiger partial charge in [-0.1, -0.05) is 123 Å². The minimum atomic E-state index is 0.217. The minimum Gasteiger partial charge on any atom is -0.455 e. The van der Waals surface area contributed by atoms with E-state index in [-0.39, 0.29) is 5.92 Å². The second kappa shape index (κ2) is 11.6. The Balaban J connectivity index is 1.36. The molecular weight excluding hydrogens is 637 g/mol. The third-order valence-corrected chi connectivity index (χ3v) is 10.8. The van der Waals surface area contributed by atoms with E-state index < -0.39 is 0 Å². The van der Waals surface area contributed by atoms with Crippen LogP contribution in [0.1, 0.15) is 30.9 Å². The third kappa shape index (κ3) is 4.44. The summed E-state index contributed by atoms with van der Waals surface area (Å²) in [4.78, 5) is 0. The van der Waals surface area contributed by atoms with Gasteiger partial charge in [0.2, 0.25) is 0 Å². The Kier molecular flexibility index (Phi) is 6.78. The fourth-order valence-electron chi connectivity index (χ4n) is 8.27. The van der Waals surface area contributed by atoms with Crippen molar-refractivity contribution in [3.8, 4) is 39.3 Å². The molecule has 250 valence electrons. The molecule has 0 spiro atoms. The molecule has 3 aromatic heterocycles. The fraction of sp³-hybridized carbons (Fsp3) is 0.104. The summed E-state index contributed by atoms with van der Waals surface area (Å²) in [6.45, 7) is 6.79. The summed E-state index contributed by atoms with van der Waals surface area (Å²) in [7, 11) is 2.18. The van der Waals surface area contributed by atoms with Crippen LogP contribution in [0.4, 0.5) is 0 Å². The summed E-state index contributed by atoms with van der Waals surface area (Å²) < 4.78 is 18.6. The molecule has 0 saturated heterocycles. The first kappa shape index (κ1) is 30.4. The van der Waals surface area contributed by atoms with Crippen LogP contribution in [0.2, 0.25) is 0 Å². The van der Waals surface area contributed by atoms with Crippen LogP contribution in [0.15, 0.2) is 154 Å². The molecule has 0 amide bonds. The Morgan fingerprint density at radius 3 is 1.96 bits per heavy atom. The molecule has 3 heterocycles. The fourth-order valence-corrected chi connectivity index (χ4v) is 8.27. The molecule has 0 saturated carbocycles. The van der Waals surface area contributed by atoms with Gasteiger partial charge in [-0.15, -0.1) is 0 Å². The summed E-state index contributed by atoms with van der Waals surface area (Å²) in [6.07, 6.45) is 0. The topological polar surface area (TPSA) is 35.1 Å². The van der Waals surface area contributed by atoms with Gasteiger partial charge in [-0.05, 0) is 71.5 Å². The van der Waals surface area contributed by atoms with Gasteiger partial charge in [0.1, 0.15) is 28.0 Å². The lowest BCUT2D eigenvalue weighted by molar-refractivity contribution is -0.633. The predicted molar refractivity (Wildman–Crippen MR) is 214 cm³/mol. The SMILES string of the molecule is Cc1ccc2c(oc3cc(-c4ccccc4)ccc32)c1-c1n(-c2c(C(C)C)cc3c(oc4ccccc43)c2-c2ccccc2)c2ccccc2[n+]1C. The zero-order chi connectivity index (χ0) is 35.1. The lowest BCUT2D eigenvalue weighted by atomic mass is 9.91. The molecule has 4 nitrogen and oxygen atoms in total. The van der Waals surface area contributed by atoms with Crippen LogP contribution in [0.25, 0.3) is 94.2 Å². The van der Waals surface area contributed by atoms with Crippen LogP contribution in [0, 0.1) is 6.92 Å². The second-order valence-electron chi connectivity index (χ2n) is 14.2. The van der Waals surface area contributed by atoms with E-state index in [1.807, 2.05) is 6.07 Å². The number of fused-ring (bicyclic) bond motifs is 7. The van der Waals surface area contributed by atoms with Crippen LogP contribution in [0.5, 0.6) is 0 Å². The molecule has 0 unspecified atom stereocenters. The predicted octanol–water partition coefficient (Wildman–Crippen LogP) is 12.7. The first-order valence-corrected chi connectivity index (χ1v) is 18.0. The summed E-state index contributed by atoms with van der Waals surface area (Å²) >= 11 is 0. The second-order valence-corrected chi connectivity index (χ2v) is 14.2. The first-order valence-electron chi connectivity index (χ1n) is 18.0. The van der Waals surface area contributed by atoms with Gasteiger partial charge in [-0.25, -0.2) is 4.57 Å². The highest BCUT2D eigenvalue weighted by molar-refractivity contribution is 6.13. The van der Waals surface area contributed by atoms with Gasteiger partial charge < -0.3 is 8.83 Å². The van der Waals surface area contributed by atoms with Crippen molar-refractivity contribution in [3.05, 3.63) is 157 Å². The summed E-state index contributed by atoms with van der Waals surface area (Å²) in [6, 6.07) is 51.7. The number of hydrogen-bond acceptors (Lipinski definition) is 2. The smallest absolute Gasteiger partial charge is 0.299 e. The molecular formula is C48H37N2O2+. The van der Waals surface area contributed by atoms with E-state index in [0.717, 1.165) is 94.2 Å². The van der Waals surface area contributed by atoms with Crippen LogP contribution >= 0.6 is 0 Å². The Morgan fingerprint density at radius 2 is 1.17 bits per heavy atom. The summed E-state index contributed by atoms with van der Waals surface area (Å²) in [5.74, 6) is 1.27. The van der Waals surface area contributed by atoms with Crippen molar-refractivity contribution in [1.82, 2.24) is 4.57 Å². The summed E-state index contributed by atoms with van der Waals surface area (Å²) in [5.41, 5.74) is 14.9. The van der Waals surface area contributed by atoms with Crippen molar-refractivity contribution in [2.45, 2.75) is 26.7 Å². The lowest BCUT2D eigenvalue weighted by Gasteiger charge is -2.18. The Labute approximate surface area is 301 Å². The van der Waals surface area contributed by atoms with Gasteiger partial charge in [0.25, 0.3) is 5.82 Å². The molecule has 0 fully saturated rings. The van der Waals surface area contributed by atoms with Gasteiger partial charge >= 0.3 is 0 Å². The summed E-state index contributed by atoms with van der Waals surface area (Å²) in [5, 5.41) is 4.48. The Hall–Kier alpha value is -6.39. The van der Waals surface area contributed by atoms with Gasteiger partial charge in [0.05, 0.1) is 12.6 Å². The van der Waals surface area contributed by atoms with Crippen LogP contribution in [-0.2, 0) is 7.05 Å². The van der Waals surface area contributed by atoms with Gasteiger partial charge in [-0.3, -0.25) is 0 Å². The van der Waals surface area contributed by atoms with E-state index in [4.69, 9.17) is 8.83 Å². The minimum absolute atomic E-state index is 0.217. The molecule has 10 rings (SSSR count). The Bertz CT molecular complexity index is 3000. The molecule has 0 aliphatic heterocycles. The number of nitrogens with zero attached hydrogens (tertiary/aromatic N) is 2. The number of para-hydroxylation sites is 3. The maximum Gasteiger partial charge on any atom is 0.299 e.